The minimum atomic E-state index is -0.381. The number of esters is 1. The molecule has 1 N–H and O–H groups in total. The number of fused-ring (bicyclic) bond motifs is 1. The molecule has 108 valence electrons. The monoisotopic (exact) mass is 276 g/mol. The van der Waals surface area contributed by atoms with Gasteiger partial charge in [-0.3, -0.25) is 4.79 Å². The van der Waals surface area contributed by atoms with Crippen LogP contribution in [0.15, 0.2) is 18.2 Å². The Hall–Kier alpha value is -2.04. The van der Waals surface area contributed by atoms with Crippen LogP contribution in [-0.2, 0) is 9.53 Å². The van der Waals surface area contributed by atoms with E-state index >= 15 is 0 Å². The third-order valence-corrected chi connectivity index (χ3v) is 3.21. The average molecular weight is 276 g/mol. The van der Waals surface area contributed by atoms with Crippen molar-refractivity contribution in [2.45, 2.75) is 26.7 Å². The highest BCUT2D eigenvalue weighted by atomic mass is 16.5. The van der Waals surface area contributed by atoms with E-state index in [4.69, 9.17) is 9.47 Å². The van der Waals surface area contributed by atoms with Crippen molar-refractivity contribution in [2.24, 2.45) is 5.92 Å². The summed E-state index contributed by atoms with van der Waals surface area (Å²) in [6.07, 6.45) is 0. The zero-order valence-electron chi connectivity index (χ0n) is 12.3. The number of aromatic nitrogens is 2. The Labute approximate surface area is 118 Å². The molecule has 20 heavy (non-hydrogen) atoms. The molecule has 0 spiro atoms. The van der Waals surface area contributed by atoms with E-state index in [9.17, 15) is 4.79 Å². The smallest absolute Gasteiger partial charge is 0.316 e. The number of benzene rings is 1. The van der Waals surface area contributed by atoms with Crippen LogP contribution >= 0.6 is 0 Å². The molecule has 0 fully saturated rings. The average Bonchev–Trinajstić information content (AvgIpc) is 2.80. The van der Waals surface area contributed by atoms with E-state index < -0.39 is 0 Å². The molecule has 2 rings (SSSR count). The fraction of sp³-hybridized carbons (Fsp3) is 0.467. The maximum absolute atomic E-state index is 12.1. The molecule has 0 aliphatic rings. The highest BCUT2D eigenvalue weighted by Crippen LogP contribution is 2.27. The van der Waals surface area contributed by atoms with Crippen LogP contribution in [0.3, 0.4) is 0 Å². The van der Waals surface area contributed by atoms with Gasteiger partial charge in [-0.25, -0.2) is 4.98 Å². The molecule has 1 unspecified atom stereocenters. The van der Waals surface area contributed by atoms with Gasteiger partial charge >= 0.3 is 5.97 Å². The van der Waals surface area contributed by atoms with Crippen molar-refractivity contribution in [3.63, 3.8) is 0 Å². The zero-order valence-corrected chi connectivity index (χ0v) is 12.3. The molecule has 0 aliphatic heterocycles. The first-order valence-corrected chi connectivity index (χ1v) is 6.77. The summed E-state index contributed by atoms with van der Waals surface area (Å²) in [5.41, 5.74) is 1.67. The molecule has 0 aliphatic carbocycles. The molecule has 1 aromatic heterocycles. The van der Waals surface area contributed by atoms with Crippen LogP contribution in [0.4, 0.5) is 0 Å². The summed E-state index contributed by atoms with van der Waals surface area (Å²) in [6.45, 7) is 6.14. The first-order valence-electron chi connectivity index (χ1n) is 6.77. The zero-order chi connectivity index (χ0) is 14.7. The maximum Gasteiger partial charge on any atom is 0.316 e. The molecule has 2 aromatic rings. The summed E-state index contributed by atoms with van der Waals surface area (Å²) < 4.78 is 10.3. The van der Waals surface area contributed by atoms with E-state index in [2.05, 4.69) is 9.97 Å². The Morgan fingerprint density at radius 3 is 2.75 bits per heavy atom. The number of methoxy groups -OCH3 is 1. The molecular weight excluding hydrogens is 256 g/mol. The van der Waals surface area contributed by atoms with E-state index in [0.29, 0.717) is 12.4 Å². The lowest BCUT2D eigenvalue weighted by atomic mass is 9.95. The van der Waals surface area contributed by atoms with Gasteiger partial charge in [-0.2, -0.15) is 0 Å². The van der Waals surface area contributed by atoms with Gasteiger partial charge in [-0.1, -0.05) is 13.8 Å². The van der Waals surface area contributed by atoms with Gasteiger partial charge in [-0.05, 0) is 25.0 Å². The molecule has 1 atom stereocenters. The highest BCUT2D eigenvalue weighted by molar-refractivity contribution is 5.81. The second-order valence-corrected chi connectivity index (χ2v) is 4.98. The van der Waals surface area contributed by atoms with Gasteiger partial charge in [0, 0.05) is 6.07 Å². The number of rotatable bonds is 5. The minimum Gasteiger partial charge on any atom is -0.497 e. The Kier molecular flexibility index (Phi) is 4.27. The van der Waals surface area contributed by atoms with Crippen LogP contribution in [0, 0.1) is 5.92 Å². The first kappa shape index (κ1) is 14.4. The lowest BCUT2D eigenvalue weighted by Crippen LogP contribution is -2.22. The Morgan fingerprint density at radius 1 is 1.40 bits per heavy atom. The number of carbonyl (C=O) groups is 1. The van der Waals surface area contributed by atoms with Crippen molar-refractivity contribution in [3.05, 3.63) is 24.0 Å². The summed E-state index contributed by atoms with van der Waals surface area (Å²) in [7, 11) is 1.62. The standard InChI is InChI=1S/C15H20N2O3/c1-5-20-15(18)13(9(2)3)14-16-11-7-6-10(19-4)8-12(11)17-14/h6-9,13H,5H2,1-4H3,(H,16,17). The molecule has 0 saturated carbocycles. The van der Waals surface area contributed by atoms with Crippen molar-refractivity contribution in [1.82, 2.24) is 9.97 Å². The van der Waals surface area contributed by atoms with Crippen molar-refractivity contribution < 1.29 is 14.3 Å². The summed E-state index contributed by atoms with van der Waals surface area (Å²) in [5, 5.41) is 0. The van der Waals surface area contributed by atoms with Crippen molar-refractivity contribution in [2.75, 3.05) is 13.7 Å². The molecule has 0 radical (unpaired) electrons. The van der Waals surface area contributed by atoms with E-state index in [-0.39, 0.29) is 17.8 Å². The number of ether oxygens (including phenoxy) is 2. The van der Waals surface area contributed by atoms with Crippen molar-refractivity contribution in [1.29, 1.82) is 0 Å². The number of hydrogen-bond acceptors (Lipinski definition) is 4. The highest BCUT2D eigenvalue weighted by Gasteiger charge is 2.28. The predicted molar refractivity (Wildman–Crippen MR) is 76.9 cm³/mol. The molecular formula is C15H20N2O3. The molecule has 0 saturated heterocycles. The van der Waals surface area contributed by atoms with Crippen LogP contribution < -0.4 is 4.74 Å². The van der Waals surface area contributed by atoms with Crippen molar-refractivity contribution in [3.8, 4) is 5.75 Å². The molecule has 5 heteroatoms. The fourth-order valence-electron chi connectivity index (χ4n) is 2.21. The molecule has 1 aromatic carbocycles. The Bertz CT molecular complexity index is 604. The summed E-state index contributed by atoms with van der Waals surface area (Å²) in [4.78, 5) is 19.8. The second kappa shape index (κ2) is 5.94. The SMILES string of the molecule is CCOC(=O)C(c1nc2ccc(OC)cc2[nH]1)C(C)C. The molecule has 0 bridgehead atoms. The number of nitrogens with zero attached hydrogens (tertiary/aromatic N) is 1. The number of nitrogens with one attached hydrogen (secondary N) is 1. The van der Waals surface area contributed by atoms with Crippen LogP contribution in [-0.4, -0.2) is 29.7 Å². The largest absolute Gasteiger partial charge is 0.497 e. The van der Waals surface area contributed by atoms with Crippen LogP contribution in [0.25, 0.3) is 11.0 Å². The normalized spacial score (nSPS) is 12.7. The minimum absolute atomic E-state index is 0.108. The van der Waals surface area contributed by atoms with E-state index in [1.165, 1.54) is 0 Å². The number of imidazole rings is 1. The van der Waals surface area contributed by atoms with Crippen LogP contribution in [0.2, 0.25) is 0 Å². The van der Waals surface area contributed by atoms with E-state index in [0.717, 1.165) is 16.8 Å². The maximum atomic E-state index is 12.1. The Balaban J connectivity index is 2.40. The van der Waals surface area contributed by atoms with Crippen LogP contribution in [0.5, 0.6) is 5.75 Å². The van der Waals surface area contributed by atoms with Gasteiger partial charge in [-0.15, -0.1) is 0 Å². The van der Waals surface area contributed by atoms with E-state index in [1.54, 1.807) is 14.0 Å². The van der Waals surface area contributed by atoms with Crippen LogP contribution in [0.1, 0.15) is 32.5 Å². The van der Waals surface area contributed by atoms with Crippen molar-refractivity contribution >= 4 is 17.0 Å². The van der Waals surface area contributed by atoms with Gasteiger partial charge in [0.05, 0.1) is 24.8 Å². The third kappa shape index (κ3) is 2.76. The Morgan fingerprint density at radius 2 is 2.15 bits per heavy atom. The second-order valence-electron chi connectivity index (χ2n) is 4.98. The number of hydrogen-bond donors (Lipinski definition) is 1. The topological polar surface area (TPSA) is 64.2 Å². The van der Waals surface area contributed by atoms with E-state index in [1.807, 2.05) is 32.0 Å². The van der Waals surface area contributed by atoms with Gasteiger partial charge in [0.2, 0.25) is 0 Å². The summed E-state index contributed by atoms with van der Waals surface area (Å²) >= 11 is 0. The number of H-pyrrole nitrogens is 1. The van der Waals surface area contributed by atoms with Gasteiger partial charge in [0.25, 0.3) is 0 Å². The van der Waals surface area contributed by atoms with Gasteiger partial charge in [0.1, 0.15) is 17.5 Å². The predicted octanol–water partition coefficient (Wildman–Crippen LogP) is 2.87. The fourth-order valence-corrected chi connectivity index (χ4v) is 2.21. The molecule has 0 amide bonds. The number of aromatic amines is 1. The lowest BCUT2D eigenvalue weighted by Gasteiger charge is -2.16. The summed E-state index contributed by atoms with van der Waals surface area (Å²) in [6, 6.07) is 5.59. The third-order valence-electron chi connectivity index (χ3n) is 3.21. The van der Waals surface area contributed by atoms with Gasteiger partial charge < -0.3 is 14.5 Å². The first-order chi connectivity index (χ1) is 9.56. The lowest BCUT2D eigenvalue weighted by molar-refractivity contribution is -0.146. The molecule has 1 heterocycles. The molecule has 5 nitrogen and oxygen atoms in total. The summed E-state index contributed by atoms with van der Waals surface area (Å²) in [5.74, 6) is 0.880. The quantitative estimate of drug-likeness (QED) is 0.853. The van der Waals surface area contributed by atoms with Gasteiger partial charge in [0.15, 0.2) is 0 Å². The number of carbonyl (C=O) groups excluding carboxylic acids is 1.